The number of nitrogens with zero attached hydrogens (tertiary/aromatic N) is 2. The van der Waals surface area contributed by atoms with Gasteiger partial charge < -0.3 is 10.1 Å². The molecule has 0 saturated carbocycles. The van der Waals surface area contributed by atoms with E-state index in [4.69, 9.17) is 9.72 Å². The number of amides is 1. The zero-order valence-electron chi connectivity index (χ0n) is 22.8. The molecule has 5 aromatic rings. The number of nitrogens with one attached hydrogen (secondary N) is 1. The van der Waals surface area contributed by atoms with Crippen molar-refractivity contribution in [2.45, 2.75) is 29.1 Å². The van der Waals surface area contributed by atoms with E-state index < -0.39 is 6.04 Å². The Kier molecular flexibility index (Phi) is 7.31. The summed E-state index contributed by atoms with van der Waals surface area (Å²) in [5.74, 6) is 1.03. The number of hydrogen-bond donors (Lipinski definition) is 1. The number of anilines is 2. The quantitative estimate of drug-likeness (QED) is 0.196. The third-order valence-electron chi connectivity index (χ3n) is 7.75. The highest BCUT2D eigenvalue weighted by atomic mass is 32.2. The third-order valence-corrected chi connectivity index (χ3v) is 10.8. The number of hydrogen-bond acceptors (Lipinski definition) is 8. The Balaban J connectivity index is 1.27. The van der Waals surface area contributed by atoms with Crippen LogP contribution in [0.25, 0.3) is 10.2 Å². The van der Waals surface area contributed by atoms with Crippen molar-refractivity contribution in [3.05, 3.63) is 112 Å². The molecule has 0 fully saturated rings. The van der Waals surface area contributed by atoms with Gasteiger partial charge in [0.25, 0.3) is 0 Å². The number of carbonyl (C=O) groups excluding carboxylic acids is 2. The van der Waals surface area contributed by atoms with Crippen molar-refractivity contribution >= 4 is 67.7 Å². The fraction of sp³-hybridized carbons (Fsp3) is 0.182. The van der Waals surface area contributed by atoms with E-state index >= 15 is 0 Å². The lowest BCUT2D eigenvalue weighted by Crippen LogP contribution is -2.39. The van der Waals surface area contributed by atoms with E-state index in [0.717, 1.165) is 47.8 Å². The number of thiazole rings is 1. The minimum absolute atomic E-state index is 0.0302. The van der Waals surface area contributed by atoms with Crippen LogP contribution in [-0.4, -0.2) is 29.5 Å². The van der Waals surface area contributed by atoms with Crippen molar-refractivity contribution in [2.24, 2.45) is 0 Å². The van der Waals surface area contributed by atoms with Gasteiger partial charge in [-0.2, -0.15) is 0 Å². The highest BCUT2D eigenvalue weighted by Gasteiger charge is 2.42. The highest BCUT2D eigenvalue weighted by molar-refractivity contribution is 8.01. The first kappa shape index (κ1) is 26.9. The van der Waals surface area contributed by atoms with Crippen LogP contribution in [-0.2, 0) is 9.59 Å². The van der Waals surface area contributed by atoms with Crippen LogP contribution in [0.5, 0.6) is 5.75 Å². The number of ketones is 1. The van der Waals surface area contributed by atoms with Gasteiger partial charge in [0.2, 0.25) is 5.91 Å². The fourth-order valence-electron chi connectivity index (χ4n) is 5.80. The molecule has 1 N–H and O–H groups in total. The van der Waals surface area contributed by atoms with E-state index in [1.807, 2.05) is 95.2 Å². The lowest BCUT2D eigenvalue weighted by atomic mass is 9.79. The first-order valence-electron chi connectivity index (χ1n) is 13.7. The summed E-state index contributed by atoms with van der Waals surface area (Å²) in [6, 6.07) is 27.3. The predicted molar refractivity (Wildman–Crippen MR) is 172 cm³/mol. The first-order valence-corrected chi connectivity index (χ1v) is 16.4. The van der Waals surface area contributed by atoms with Crippen LogP contribution in [0.2, 0.25) is 0 Å². The maximum atomic E-state index is 14.2. The molecule has 3 aromatic carbocycles. The lowest BCUT2D eigenvalue weighted by molar-refractivity contribution is -0.117. The SMILES string of the molecule is COc1ccc(C2CC(=O)C3=C(C2)Nc2ccccc2N(C(=O)CSc2nc4ccccc4s2)C3c2cccs2)cc1. The van der Waals surface area contributed by atoms with E-state index in [1.165, 1.54) is 11.8 Å². The van der Waals surface area contributed by atoms with Gasteiger partial charge in [0.15, 0.2) is 10.1 Å². The van der Waals surface area contributed by atoms with Crippen molar-refractivity contribution < 1.29 is 14.3 Å². The van der Waals surface area contributed by atoms with Gasteiger partial charge in [0, 0.05) is 22.6 Å². The van der Waals surface area contributed by atoms with Crippen LogP contribution in [0.15, 0.2) is 106 Å². The minimum Gasteiger partial charge on any atom is -0.497 e. The smallest absolute Gasteiger partial charge is 0.238 e. The molecule has 2 unspecified atom stereocenters. The summed E-state index contributed by atoms with van der Waals surface area (Å²) < 4.78 is 7.30. The zero-order valence-corrected chi connectivity index (χ0v) is 25.2. The Labute approximate surface area is 256 Å². The third kappa shape index (κ3) is 5.02. The van der Waals surface area contributed by atoms with E-state index in [-0.39, 0.29) is 23.4 Å². The van der Waals surface area contributed by atoms with Gasteiger partial charge in [0.05, 0.1) is 34.5 Å². The molecule has 0 spiro atoms. The van der Waals surface area contributed by atoms with Crippen LogP contribution in [0.3, 0.4) is 0 Å². The number of fused-ring (bicyclic) bond motifs is 2. The van der Waals surface area contributed by atoms with Crippen LogP contribution in [0.1, 0.15) is 35.2 Å². The number of aromatic nitrogens is 1. The summed E-state index contributed by atoms with van der Waals surface area (Å²) in [5.41, 5.74) is 5.19. The summed E-state index contributed by atoms with van der Waals surface area (Å²) >= 11 is 4.61. The standard InChI is InChI=1S/C33H27N3O3S3/c1-39-22-14-12-20(13-15-22)21-17-25-31(27(37)18-21)32(29-11-6-16-40-29)36(26-9-4-2-7-23(26)34-25)30(38)19-41-33-35-24-8-3-5-10-28(24)42-33/h2-16,21,32,34H,17-19H2,1H3. The summed E-state index contributed by atoms with van der Waals surface area (Å²) in [6.07, 6.45) is 1.06. The average Bonchev–Trinajstić information content (AvgIpc) is 3.67. The predicted octanol–water partition coefficient (Wildman–Crippen LogP) is 8.06. The number of benzene rings is 3. The molecule has 3 heterocycles. The Morgan fingerprint density at radius 1 is 1.02 bits per heavy atom. The van der Waals surface area contributed by atoms with Gasteiger partial charge in [0.1, 0.15) is 11.8 Å². The summed E-state index contributed by atoms with van der Waals surface area (Å²) in [4.78, 5) is 35.9. The van der Waals surface area contributed by atoms with E-state index in [2.05, 4.69) is 5.32 Å². The number of ether oxygens (including phenoxy) is 1. The molecule has 2 atom stereocenters. The number of rotatable bonds is 6. The largest absolute Gasteiger partial charge is 0.497 e. The molecule has 1 aliphatic heterocycles. The fourth-order valence-corrected chi connectivity index (χ4v) is 8.55. The van der Waals surface area contributed by atoms with E-state index in [0.29, 0.717) is 18.4 Å². The van der Waals surface area contributed by atoms with E-state index in [1.54, 1.807) is 29.8 Å². The van der Waals surface area contributed by atoms with Crippen LogP contribution < -0.4 is 15.0 Å². The molecule has 42 heavy (non-hydrogen) atoms. The maximum absolute atomic E-state index is 14.2. The zero-order chi connectivity index (χ0) is 28.6. The minimum atomic E-state index is -0.510. The second kappa shape index (κ2) is 11.4. The number of thioether (sulfide) groups is 1. The topological polar surface area (TPSA) is 71.5 Å². The Bertz CT molecular complexity index is 1780. The number of allylic oxidation sites excluding steroid dienone is 1. The molecule has 6 nitrogen and oxygen atoms in total. The van der Waals surface area contributed by atoms with Crippen molar-refractivity contribution in [3.63, 3.8) is 0 Å². The number of methoxy groups -OCH3 is 1. The number of thiophene rings is 1. The van der Waals surface area contributed by atoms with Crippen molar-refractivity contribution in [2.75, 3.05) is 23.1 Å². The second-order valence-electron chi connectivity index (χ2n) is 10.3. The summed E-state index contributed by atoms with van der Waals surface area (Å²) in [7, 11) is 1.65. The number of Topliss-reactive ketones (excluding diaryl/α,β-unsaturated/α-hetero) is 1. The molecule has 0 saturated heterocycles. The Morgan fingerprint density at radius 2 is 1.83 bits per heavy atom. The molecular formula is C33H27N3O3S3. The maximum Gasteiger partial charge on any atom is 0.238 e. The Morgan fingerprint density at radius 3 is 2.62 bits per heavy atom. The van der Waals surface area contributed by atoms with Gasteiger partial charge in [-0.05, 0) is 65.7 Å². The number of carbonyl (C=O) groups is 2. The molecule has 1 aliphatic carbocycles. The van der Waals surface area contributed by atoms with Crippen LogP contribution in [0.4, 0.5) is 11.4 Å². The molecular weight excluding hydrogens is 583 g/mol. The number of para-hydroxylation sites is 3. The van der Waals surface area contributed by atoms with Crippen molar-refractivity contribution in [1.82, 2.24) is 4.98 Å². The molecule has 0 bridgehead atoms. The van der Waals surface area contributed by atoms with Crippen LogP contribution in [0, 0.1) is 0 Å². The van der Waals surface area contributed by atoms with Gasteiger partial charge in [-0.3, -0.25) is 14.5 Å². The summed E-state index contributed by atoms with van der Waals surface area (Å²) in [6.45, 7) is 0. The first-order chi connectivity index (χ1) is 20.6. The van der Waals surface area contributed by atoms with Gasteiger partial charge >= 0.3 is 0 Å². The van der Waals surface area contributed by atoms with Crippen molar-refractivity contribution in [3.8, 4) is 5.75 Å². The van der Waals surface area contributed by atoms with E-state index in [9.17, 15) is 9.59 Å². The average molecular weight is 610 g/mol. The monoisotopic (exact) mass is 609 g/mol. The highest BCUT2D eigenvalue weighted by Crippen LogP contribution is 2.48. The molecule has 0 radical (unpaired) electrons. The van der Waals surface area contributed by atoms with Gasteiger partial charge in [-0.25, -0.2) is 4.98 Å². The summed E-state index contributed by atoms with van der Waals surface area (Å²) in [5, 5.41) is 5.62. The molecule has 9 heteroatoms. The Hall–Kier alpha value is -3.92. The molecule has 210 valence electrons. The normalized spacial score (nSPS) is 18.3. The second-order valence-corrected chi connectivity index (χ2v) is 13.5. The van der Waals surface area contributed by atoms with Crippen molar-refractivity contribution in [1.29, 1.82) is 0 Å². The molecule has 2 aliphatic rings. The lowest BCUT2D eigenvalue weighted by Gasteiger charge is -2.34. The van der Waals surface area contributed by atoms with Crippen LogP contribution >= 0.6 is 34.4 Å². The molecule has 1 amide bonds. The molecule has 2 aromatic heterocycles. The van der Waals surface area contributed by atoms with Gasteiger partial charge in [-0.15, -0.1) is 22.7 Å². The molecule has 7 rings (SSSR count). The van der Waals surface area contributed by atoms with Gasteiger partial charge in [-0.1, -0.05) is 54.2 Å².